The largest absolute Gasteiger partial charge is 0.762 e. The fourth-order valence-corrected chi connectivity index (χ4v) is 4.61. The standard InChI is InChI=1S/C24H20N6O3/c1-15-4-2-3-11-29(15)23-21(16-5-9-19(10-6-16)30(32)33)20(14-27)22(17(12-25)13-26)28-24(23,31)18-7-8-18/h2-6,9-11,18,21,23,28,31H,7-8H2,1H3/t21-,23+,24-/m0/s1. The van der Waals surface area contributed by atoms with Crippen LogP contribution in [0.2, 0.25) is 0 Å². The molecule has 2 N–H and O–H groups in total. The monoisotopic (exact) mass is 440 g/mol. The van der Waals surface area contributed by atoms with Gasteiger partial charge in [-0.2, -0.15) is 15.1 Å². The van der Waals surface area contributed by atoms with Crippen molar-refractivity contribution in [2.24, 2.45) is 5.92 Å². The highest BCUT2D eigenvalue weighted by Gasteiger charge is 2.61. The zero-order chi connectivity index (χ0) is 23.8. The average Bonchev–Trinajstić information content (AvgIpc) is 3.66. The SMILES string of the molecule is Cc1cccc[n+]1[C@@H]1[C@@H](c2ccc([N+](=O)[O-])cc2)C(C#N)=C(C(=C=[N-])C#N)N[C@]1(O)C1CC1. The number of aryl methyl sites for hydroxylation is 1. The molecule has 3 atom stereocenters. The molecule has 0 amide bonds. The highest BCUT2D eigenvalue weighted by molar-refractivity contribution is 5.74. The Morgan fingerprint density at radius 2 is 1.97 bits per heavy atom. The van der Waals surface area contributed by atoms with Gasteiger partial charge in [0.1, 0.15) is 6.07 Å². The first-order chi connectivity index (χ1) is 15.8. The topological polar surface area (TPSA) is 149 Å². The van der Waals surface area contributed by atoms with Crippen LogP contribution in [0, 0.1) is 45.6 Å². The van der Waals surface area contributed by atoms with E-state index in [1.54, 1.807) is 12.1 Å². The summed E-state index contributed by atoms with van der Waals surface area (Å²) in [6.45, 7) is 1.88. The molecule has 1 aliphatic carbocycles. The van der Waals surface area contributed by atoms with Crippen molar-refractivity contribution in [2.75, 3.05) is 0 Å². The molecule has 1 saturated carbocycles. The van der Waals surface area contributed by atoms with Gasteiger partial charge < -0.3 is 15.8 Å². The molecule has 0 radical (unpaired) electrons. The van der Waals surface area contributed by atoms with E-state index in [-0.39, 0.29) is 28.4 Å². The number of nitro benzene ring substituents is 1. The molecule has 4 rings (SSSR count). The Kier molecular flexibility index (Phi) is 5.53. The molecular formula is C24H20N6O3. The van der Waals surface area contributed by atoms with Crippen LogP contribution in [0.15, 0.2) is 65.5 Å². The van der Waals surface area contributed by atoms with Crippen LogP contribution < -0.4 is 9.88 Å². The summed E-state index contributed by atoms with van der Waals surface area (Å²) in [5, 5.41) is 55.4. The lowest BCUT2D eigenvalue weighted by molar-refractivity contribution is -0.747. The number of pyridine rings is 1. The van der Waals surface area contributed by atoms with E-state index in [9.17, 15) is 31.2 Å². The molecule has 33 heavy (non-hydrogen) atoms. The van der Waals surface area contributed by atoms with Crippen LogP contribution in [0.3, 0.4) is 0 Å². The molecule has 1 aromatic heterocycles. The summed E-state index contributed by atoms with van der Waals surface area (Å²) in [4.78, 5) is 10.7. The average molecular weight is 440 g/mol. The molecule has 1 fully saturated rings. The number of aromatic nitrogens is 1. The lowest BCUT2D eigenvalue weighted by atomic mass is 9.73. The quantitative estimate of drug-likeness (QED) is 0.240. The second-order valence-electron chi connectivity index (χ2n) is 8.24. The lowest BCUT2D eigenvalue weighted by Gasteiger charge is -2.43. The molecular weight excluding hydrogens is 420 g/mol. The van der Waals surface area contributed by atoms with Gasteiger partial charge in [0.15, 0.2) is 11.9 Å². The molecule has 1 aromatic carbocycles. The van der Waals surface area contributed by atoms with Gasteiger partial charge in [0.25, 0.3) is 5.69 Å². The number of nitro groups is 1. The van der Waals surface area contributed by atoms with Crippen LogP contribution in [-0.2, 0) is 0 Å². The van der Waals surface area contributed by atoms with Gasteiger partial charge in [0.05, 0.1) is 33.8 Å². The van der Waals surface area contributed by atoms with Gasteiger partial charge >= 0.3 is 0 Å². The maximum Gasteiger partial charge on any atom is 0.269 e. The van der Waals surface area contributed by atoms with Gasteiger partial charge in [-0.15, -0.1) is 0 Å². The minimum Gasteiger partial charge on any atom is -0.762 e. The van der Waals surface area contributed by atoms with Crippen LogP contribution >= 0.6 is 0 Å². The molecule has 2 heterocycles. The number of allylic oxidation sites excluding steroid dienone is 2. The second kappa shape index (κ2) is 8.33. The number of hydrogen-bond donors (Lipinski definition) is 2. The van der Waals surface area contributed by atoms with E-state index in [2.05, 4.69) is 11.4 Å². The minimum atomic E-state index is -1.56. The summed E-state index contributed by atoms with van der Waals surface area (Å²) in [7, 11) is 0. The normalized spacial score (nSPS) is 24.1. The summed E-state index contributed by atoms with van der Waals surface area (Å²) < 4.78 is 1.88. The Morgan fingerprint density at radius 1 is 1.27 bits per heavy atom. The summed E-state index contributed by atoms with van der Waals surface area (Å²) in [6, 6.07) is 14.6. The van der Waals surface area contributed by atoms with Crippen LogP contribution in [-0.4, -0.2) is 21.6 Å². The van der Waals surface area contributed by atoms with Crippen molar-refractivity contribution in [1.29, 1.82) is 10.5 Å². The van der Waals surface area contributed by atoms with Gasteiger partial charge in [-0.3, -0.25) is 10.1 Å². The third kappa shape index (κ3) is 3.66. The molecule has 0 spiro atoms. The van der Waals surface area contributed by atoms with Crippen molar-refractivity contribution in [3.63, 3.8) is 0 Å². The Balaban J connectivity index is 2.04. The second-order valence-corrected chi connectivity index (χ2v) is 8.24. The predicted molar refractivity (Wildman–Crippen MR) is 117 cm³/mol. The van der Waals surface area contributed by atoms with Crippen molar-refractivity contribution in [2.45, 2.75) is 37.5 Å². The first-order valence-electron chi connectivity index (χ1n) is 10.4. The molecule has 2 aromatic rings. The van der Waals surface area contributed by atoms with E-state index in [0.717, 1.165) is 18.5 Å². The number of nitrogens with zero attached hydrogens (tertiary/aromatic N) is 5. The third-order valence-electron chi connectivity index (χ3n) is 6.33. The van der Waals surface area contributed by atoms with E-state index >= 15 is 0 Å². The smallest absolute Gasteiger partial charge is 0.269 e. The molecule has 0 saturated heterocycles. The fraction of sp³-hybridized carbons (Fsp3) is 0.292. The number of hydrogen-bond acceptors (Lipinski definition) is 6. The van der Waals surface area contributed by atoms with Gasteiger partial charge in [-0.05, 0) is 18.4 Å². The first kappa shape index (κ1) is 21.9. The number of benzene rings is 1. The van der Waals surface area contributed by atoms with Crippen molar-refractivity contribution in [3.05, 3.63) is 92.3 Å². The molecule has 1 aliphatic heterocycles. The fourth-order valence-electron chi connectivity index (χ4n) is 4.61. The van der Waals surface area contributed by atoms with E-state index in [4.69, 9.17) is 0 Å². The highest BCUT2D eigenvalue weighted by atomic mass is 16.6. The van der Waals surface area contributed by atoms with Crippen molar-refractivity contribution < 1.29 is 14.6 Å². The number of non-ortho nitro benzene ring substituents is 1. The molecule has 2 aliphatic rings. The zero-order valence-electron chi connectivity index (χ0n) is 17.8. The summed E-state index contributed by atoms with van der Waals surface area (Å²) in [5.41, 5.74) is -0.441. The van der Waals surface area contributed by atoms with E-state index in [1.807, 2.05) is 47.8 Å². The highest BCUT2D eigenvalue weighted by Crippen LogP contribution is 2.52. The predicted octanol–water partition coefficient (Wildman–Crippen LogP) is 2.68. The maximum absolute atomic E-state index is 12.0. The van der Waals surface area contributed by atoms with Gasteiger partial charge in [0, 0.05) is 37.1 Å². The minimum absolute atomic E-state index is 0.00527. The molecule has 0 bridgehead atoms. The van der Waals surface area contributed by atoms with Gasteiger partial charge in [0.2, 0.25) is 11.8 Å². The Labute approximate surface area is 190 Å². The molecule has 9 nitrogen and oxygen atoms in total. The Hall–Kier alpha value is -4.30. The summed E-state index contributed by atoms with van der Waals surface area (Å²) >= 11 is 0. The van der Waals surface area contributed by atoms with Crippen molar-refractivity contribution >= 4 is 11.6 Å². The summed E-state index contributed by atoms with van der Waals surface area (Å²) in [6.07, 6.45) is 3.29. The van der Waals surface area contributed by atoms with E-state index < -0.39 is 22.6 Å². The van der Waals surface area contributed by atoms with E-state index in [1.165, 1.54) is 12.1 Å². The first-order valence-corrected chi connectivity index (χ1v) is 10.4. The van der Waals surface area contributed by atoms with Crippen LogP contribution in [0.1, 0.15) is 36.1 Å². The summed E-state index contributed by atoms with van der Waals surface area (Å²) in [5.74, 6) is 0.895. The number of nitriles is 2. The van der Waals surface area contributed by atoms with Gasteiger partial charge in [-0.25, -0.2) is 5.87 Å². The zero-order valence-corrected chi connectivity index (χ0v) is 17.8. The van der Waals surface area contributed by atoms with Crippen LogP contribution in [0.4, 0.5) is 5.69 Å². The molecule has 9 heteroatoms. The van der Waals surface area contributed by atoms with E-state index in [0.29, 0.717) is 5.56 Å². The lowest BCUT2D eigenvalue weighted by Crippen LogP contribution is -2.66. The van der Waals surface area contributed by atoms with Crippen LogP contribution in [0.5, 0.6) is 0 Å². The molecule has 0 unspecified atom stereocenters. The third-order valence-corrected chi connectivity index (χ3v) is 6.33. The number of rotatable bonds is 5. The van der Waals surface area contributed by atoms with Crippen molar-refractivity contribution in [3.8, 4) is 12.1 Å². The Bertz CT molecular complexity index is 1290. The van der Waals surface area contributed by atoms with Crippen molar-refractivity contribution in [1.82, 2.24) is 5.32 Å². The maximum atomic E-state index is 12.0. The van der Waals surface area contributed by atoms with Crippen LogP contribution in [0.25, 0.3) is 5.41 Å². The number of aliphatic hydroxyl groups is 1. The van der Waals surface area contributed by atoms with Gasteiger partial charge in [-0.1, -0.05) is 18.2 Å². The number of nitrogens with one attached hydrogen (secondary N) is 1. The molecule has 164 valence electrons. The Morgan fingerprint density at radius 3 is 2.48 bits per heavy atom.